The Bertz CT molecular complexity index is 374. The van der Waals surface area contributed by atoms with E-state index in [1.165, 1.54) is 0 Å². The van der Waals surface area contributed by atoms with Crippen LogP contribution in [-0.2, 0) is 6.61 Å². The van der Waals surface area contributed by atoms with E-state index in [9.17, 15) is 4.79 Å². The second-order valence-corrected chi connectivity index (χ2v) is 4.15. The lowest BCUT2D eigenvalue weighted by Crippen LogP contribution is -2.27. The summed E-state index contributed by atoms with van der Waals surface area (Å²) in [4.78, 5) is 13.8. The van der Waals surface area contributed by atoms with Crippen LogP contribution in [0.15, 0.2) is 4.52 Å². The number of carbonyl (C=O) groups excluding carboxylic acids is 1. The number of hydrogen-bond acceptors (Lipinski definition) is 5. The van der Waals surface area contributed by atoms with Gasteiger partial charge in [-0.3, -0.25) is 4.79 Å². The maximum Gasteiger partial charge on any atom is 0.273 e. The van der Waals surface area contributed by atoms with Gasteiger partial charge in [0.1, 0.15) is 6.61 Å². The molecule has 0 aromatic carbocycles. The molecule has 0 saturated carbocycles. The molecule has 0 unspecified atom stereocenters. The van der Waals surface area contributed by atoms with Crippen LogP contribution in [0.4, 0.5) is 0 Å². The van der Waals surface area contributed by atoms with Gasteiger partial charge in [0.15, 0.2) is 11.5 Å². The van der Waals surface area contributed by atoms with Crippen LogP contribution in [0, 0.1) is 6.92 Å². The highest BCUT2D eigenvalue weighted by atomic mass is 16.5. The zero-order valence-electron chi connectivity index (χ0n) is 10.5. The van der Waals surface area contributed by atoms with Gasteiger partial charge < -0.3 is 19.8 Å². The van der Waals surface area contributed by atoms with Crippen LogP contribution in [0.5, 0.6) is 0 Å². The second kappa shape index (κ2) is 6.36. The Balaban J connectivity index is 2.44. The molecule has 1 heterocycles. The zero-order chi connectivity index (χ0) is 12.8. The van der Waals surface area contributed by atoms with Crippen molar-refractivity contribution in [2.24, 2.45) is 0 Å². The van der Waals surface area contributed by atoms with Crippen molar-refractivity contribution >= 4 is 5.91 Å². The van der Waals surface area contributed by atoms with Crippen molar-refractivity contribution in [3.8, 4) is 0 Å². The van der Waals surface area contributed by atoms with E-state index < -0.39 is 0 Å². The summed E-state index contributed by atoms with van der Waals surface area (Å²) in [5.41, 5.74) is 0.844. The summed E-state index contributed by atoms with van der Waals surface area (Å²) >= 11 is 0. The van der Waals surface area contributed by atoms with Crippen LogP contribution in [-0.4, -0.2) is 48.3 Å². The van der Waals surface area contributed by atoms with Crippen molar-refractivity contribution in [3.63, 3.8) is 0 Å². The summed E-state index contributed by atoms with van der Waals surface area (Å²) in [6.45, 7) is 2.97. The Hall–Kier alpha value is -1.40. The number of rotatable bonds is 6. The van der Waals surface area contributed by atoms with Gasteiger partial charge in [-0.2, -0.15) is 0 Å². The number of carbonyl (C=O) groups is 1. The molecule has 6 nitrogen and oxygen atoms in total. The van der Waals surface area contributed by atoms with Crippen LogP contribution in [0.3, 0.4) is 0 Å². The van der Waals surface area contributed by atoms with Crippen LogP contribution >= 0.6 is 0 Å². The molecule has 1 aromatic heterocycles. The first-order chi connectivity index (χ1) is 8.06. The highest BCUT2D eigenvalue weighted by molar-refractivity contribution is 5.93. The van der Waals surface area contributed by atoms with Crippen LogP contribution in [0.25, 0.3) is 0 Å². The molecule has 0 aliphatic heterocycles. The quantitative estimate of drug-likeness (QED) is 0.693. The molecule has 0 saturated heterocycles. The zero-order valence-corrected chi connectivity index (χ0v) is 10.5. The summed E-state index contributed by atoms with van der Waals surface area (Å²) in [6.07, 6.45) is 0.877. The maximum atomic E-state index is 11.7. The molecule has 6 heteroatoms. The summed E-state index contributed by atoms with van der Waals surface area (Å²) in [6, 6.07) is 0. The van der Waals surface area contributed by atoms with Crippen LogP contribution < -0.4 is 5.32 Å². The lowest BCUT2D eigenvalue weighted by atomic mass is 10.2. The highest BCUT2D eigenvalue weighted by Crippen LogP contribution is 2.12. The summed E-state index contributed by atoms with van der Waals surface area (Å²) in [7, 11) is 3.97. The van der Waals surface area contributed by atoms with E-state index in [1.54, 1.807) is 6.92 Å². The molecule has 96 valence electrons. The fourth-order valence-electron chi connectivity index (χ4n) is 1.41. The molecule has 0 radical (unpaired) electrons. The fourth-order valence-corrected chi connectivity index (χ4v) is 1.41. The molecule has 17 heavy (non-hydrogen) atoms. The molecule has 2 N–H and O–H groups in total. The molecule has 0 atom stereocenters. The minimum Gasteiger partial charge on any atom is -0.388 e. The van der Waals surface area contributed by atoms with Gasteiger partial charge in [0.05, 0.1) is 0 Å². The van der Waals surface area contributed by atoms with E-state index in [2.05, 4.69) is 15.4 Å². The predicted molar refractivity (Wildman–Crippen MR) is 62.7 cm³/mol. The van der Waals surface area contributed by atoms with Crippen molar-refractivity contribution in [1.29, 1.82) is 0 Å². The van der Waals surface area contributed by atoms with E-state index in [0.717, 1.165) is 13.0 Å². The third-order valence-electron chi connectivity index (χ3n) is 2.45. The molecule has 1 amide bonds. The molecule has 0 spiro atoms. The van der Waals surface area contributed by atoms with Crippen molar-refractivity contribution in [2.75, 3.05) is 27.2 Å². The van der Waals surface area contributed by atoms with Gasteiger partial charge in [-0.25, -0.2) is 0 Å². The van der Waals surface area contributed by atoms with Gasteiger partial charge in [-0.1, -0.05) is 5.16 Å². The maximum absolute atomic E-state index is 11.7. The van der Waals surface area contributed by atoms with Gasteiger partial charge in [0.25, 0.3) is 5.91 Å². The van der Waals surface area contributed by atoms with E-state index in [1.807, 2.05) is 14.1 Å². The molecule has 0 fully saturated rings. The lowest BCUT2D eigenvalue weighted by Gasteiger charge is -2.09. The summed E-state index contributed by atoms with van der Waals surface area (Å²) < 4.78 is 4.84. The Morgan fingerprint density at radius 2 is 2.24 bits per heavy atom. The van der Waals surface area contributed by atoms with Crippen molar-refractivity contribution < 1.29 is 14.4 Å². The van der Waals surface area contributed by atoms with Crippen molar-refractivity contribution in [2.45, 2.75) is 20.0 Å². The Labute approximate surface area is 101 Å². The van der Waals surface area contributed by atoms with Gasteiger partial charge >= 0.3 is 0 Å². The van der Waals surface area contributed by atoms with Crippen LogP contribution in [0.1, 0.15) is 28.2 Å². The van der Waals surface area contributed by atoms with E-state index in [4.69, 9.17) is 9.63 Å². The number of aliphatic hydroxyl groups is 1. The number of hydrogen-bond donors (Lipinski definition) is 2. The van der Waals surface area contributed by atoms with E-state index in [-0.39, 0.29) is 18.2 Å². The van der Waals surface area contributed by atoms with Gasteiger partial charge in [-0.15, -0.1) is 0 Å². The van der Waals surface area contributed by atoms with Crippen molar-refractivity contribution in [3.05, 3.63) is 17.0 Å². The number of aliphatic hydroxyl groups excluding tert-OH is 1. The van der Waals surface area contributed by atoms with Gasteiger partial charge in [0, 0.05) is 12.1 Å². The average molecular weight is 241 g/mol. The van der Waals surface area contributed by atoms with Crippen LogP contribution in [0.2, 0.25) is 0 Å². The van der Waals surface area contributed by atoms with Gasteiger partial charge in [-0.05, 0) is 34.0 Å². The SMILES string of the molecule is Cc1c(C(=O)NCCCN(C)C)noc1CO. The highest BCUT2D eigenvalue weighted by Gasteiger charge is 2.17. The van der Waals surface area contributed by atoms with E-state index in [0.29, 0.717) is 17.9 Å². The second-order valence-electron chi connectivity index (χ2n) is 4.15. The first kappa shape index (κ1) is 13.7. The predicted octanol–water partition coefficient (Wildman–Crippen LogP) is 0.157. The molecular formula is C11H19N3O3. The largest absolute Gasteiger partial charge is 0.388 e. The first-order valence-electron chi connectivity index (χ1n) is 5.55. The molecular weight excluding hydrogens is 222 g/mol. The Kier molecular flexibility index (Phi) is 5.11. The lowest BCUT2D eigenvalue weighted by molar-refractivity contribution is 0.0942. The number of aromatic nitrogens is 1. The molecule has 1 aromatic rings. The number of amides is 1. The third-order valence-corrected chi connectivity index (χ3v) is 2.45. The molecule has 0 aliphatic rings. The molecule has 0 bridgehead atoms. The third kappa shape index (κ3) is 3.83. The Morgan fingerprint density at radius 3 is 2.76 bits per heavy atom. The van der Waals surface area contributed by atoms with Gasteiger partial charge in [0.2, 0.25) is 0 Å². The van der Waals surface area contributed by atoms with E-state index >= 15 is 0 Å². The molecule has 1 rings (SSSR count). The summed E-state index contributed by atoms with van der Waals surface area (Å²) in [5.74, 6) is 0.0770. The first-order valence-corrected chi connectivity index (χ1v) is 5.55. The monoisotopic (exact) mass is 241 g/mol. The topological polar surface area (TPSA) is 78.6 Å². The summed E-state index contributed by atoms with van der Waals surface area (Å²) in [5, 5.41) is 15.3. The van der Waals surface area contributed by atoms with Crippen molar-refractivity contribution in [1.82, 2.24) is 15.4 Å². The molecule has 0 aliphatic carbocycles. The number of nitrogens with zero attached hydrogens (tertiary/aromatic N) is 2. The minimum absolute atomic E-state index is 0.243. The normalized spacial score (nSPS) is 10.9. The standard InChI is InChI=1S/C11H19N3O3/c1-8-9(7-15)17-13-10(8)11(16)12-5-4-6-14(2)3/h15H,4-7H2,1-3H3,(H,12,16). The minimum atomic E-state index is -0.260. The smallest absolute Gasteiger partial charge is 0.273 e. The number of nitrogens with one attached hydrogen (secondary N) is 1. The Morgan fingerprint density at radius 1 is 1.53 bits per heavy atom. The fraction of sp³-hybridized carbons (Fsp3) is 0.636. The average Bonchev–Trinajstić information content (AvgIpc) is 2.65.